The van der Waals surface area contributed by atoms with Crippen LogP contribution in [-0.2, 0) is 9.47 Å². The van der Waals surface area contributed by atoms with E-state index in [0.29, 0.717) is 5.56 Å². The van der Waals surface area contributed by atoms with Crippen molar-refractivity contribution < 1.29 is 18.3 Å². The summed E-state index contributed by atoms with van der Waals surface area (Å²) in [5.41, 5.74) is 0.565. The Labute approximate surface area is 93.4 Å². The molecule has 0 fully saturated rings. The standard InChI is InChI=1S/C11H15F2NO2/c1-14-10(11(15-2)16-3)7-4-5-8(12)9(13)6-7/h4-6,10-11,14H,1-3H3. The predicted molar refractivity (Wildman–Crippen MR) is 56.0 cm³/mol. The summed E-state index contributed by atoms with van der Waals surface area (Å²) in [5, 5.41) is 2.93. The molecule has 1 atom stereocenters. The minimum absolute atomic E-state index is 0.356. The maximum Gasteiger partial charge on any atom is 0.176 e. The van der Waals surface area contributed by atoms with Gasteiger partial charge in [0.05, 0.1) is 6.04 Å². The van der Waals surface area contributed by atoms with Crippen molar-refractivity contribution in [3.63, 3.8) is 0 Å². The number of methoxy groups -OCH3 is 2. The van der Waals surface area contributed by atoms with Crippen molar-refractivity contribution >= 4 is 0 Å². The van der Waals surface area contributed by atoms with Crippen LogP contribution in [0.3, 0.4) is 0 Å². The molecule has 0 amide bonds. The zero-order valence-corrected chi connectivity index (χ0v) is 9.46. The molecule has 0 spiro atoms. The molecule has 1 unspecified atom stereocenters. The molecular weight excluding hydrogens is 216 g/mol. The lowest BCUT2D eigenvalue weighted by Gasteiger charge is -2.24. The van der Waals surface area contributed by atoms with Gasteiger partial charge in [0, 0.05) is 14.2 Å². The molecule has 0 aromatic heterocycles. The highest BCUT2D eigenvalue weighted by atomic mass is 19.2. The minimum Gasteiger partial charge on any atom is -0.354 e. The van der Waals surface area contributed by atoms with Gasteiger partial charge in [-0.3, -0.25) is 0 Å². The highest BCUT2D eigenvalue weighted by Gasteiger charge is 2.22. The lowest BCUT2D eigenvalue weighted by Crippen LogP contribution is -2.32. The first-order chi connectivity index (χ1) is 7.63. The molecule has 0 bridgehead atoms. The monoisotopic (exact) mass is 231 g/mol. The van der Waals surface area contributed by atoms with E-state index in [9.17, 15) is 8.78 Å². The Hall–Kier alpha value is -1.04. The largest absolute Gasteiger partial charge is 0.354 e. The molecule has 0 heterocycles. The highest BCUT2D eigenvalue weighted by Crippen LogP contribution is 2.21. The van der Waals surface area contributed by atoms with Crippen LogP contribution in [0.5, 0.6) is 0 Å². The van der Waals surface area contributed by atoms with E-state index in [4.69, 9.17) is 9.47 Å². The smallest absolute Gasteiger partial charge is 0.176 e. The third-order valence-corrected chi connectivity index (χ3v) is 2.35. The van der Waals surface area contributed by atoms with Crippen molar-refractivity contribution in [1.29, 1.82) is 0 Å². The lowest BCUT2D eigenvalue weighted by atomic mass is 10.1. The third-order valence-electron chi connectivity index (χ3n) is 2.35. The molecule has 1 aromatic rings. The van der Waals surface area contributed by atoms with Gasteiger partial charge in [0.1, 0.15) is 0 Å². The predicted octanol–water partition coefficient (Wildman–Crippen LogP) is 1.84. The van der Waals surface area contributed by atoms with Gasteiger partial charge in [-0.25, -0.2) is 8.78 Å². The summed E-state index contributed by atoms with van der Waals surface area (Å²) in [6, 6.07) is 3.34. The minimum atomic E-state index is -0.885. The molecule has 0 radical (unpaired) electrons. The fourth-order valence-electron chi connectivity index (χ4n) is 1.53. The zero-order chi connectivity index (χ0) is 12.1. The van der Waals surface area contributed by atoms with Crippen LogP contribution in [0.15, 0.2) is 18.2 Å². The lowest BCUT2D eigenvalue weighted by molar-refractivity contribution is -0.123. The molecule has 1 aromatic carbocycles. The number of benzene rings is 1. The normalized spacial score (nSPS) is 13.1. The van der Waals surface area contributed by atoms with Crippen molar-refractivity contribution in [2.24, 2.45) is 0 Å². The fraction of sp³-hybridized carbons (Fsp3) is 0.455. The number of nitrogens with one attached hydrogen (secondary N) is 1. The Kier molecular flexibility index (Phi) is 4.79. The first-order valence-corrected chi connectivity index (χ1v) is 4.81. The Balaban J connectivity index is 2.98. The van der Waals surface area contributed by atoms with Crippen LogP contribution in [-0.4, -0.2) is 27.6 Å². The quantitative estimate of drug-likeness (QED) is 0.784. The van der Waals surface area contributed by atoms with Gasteiger partial charge in [-0.2, -0.15) is 0 Å². The molecule has 1 N–H and O–H groups in total. The van der Waals surface area contributed by atoms with Gasteiger partial charge >= 0.3 is 0 Å². The van der Waals surface area contributed by atoms with Gasteiger partial charge in [0.25, 0.3) is 0 Å². The highest BCUT2D eigenvalue weighted by molar-refractivity contribution is 5.21. The summed E-state index contributed by atoms with van der Waals surface area (Å²) in [5.74, 6) is -1.76. The first-order valence-electron chi connectivity index (χ1n) is 4.81. The van der Waals surface area contributed by atoms with Gasteiger partial charge in [-0.1, -0.05) is 6.07 Å². The number of ether oxygens (including phenoxy) is 2. The van der Waals surface area contributed by atoms with E-state index in [1.807, 2.05) is 0 Å². The van der Waals surface area contributed by atoms with Gasteiger partial charge in [-0.05, 0) is 24.7 Å². The van der Waals surface area contributed by atoms with E-state index in [1.54, 1.807) is 7.05 Å². The molecule has 1 rings (SSSR count). The van der Waals surface area contributed by atoms with Crippen molar-refractivity contribution in [1.82, 2.24) is 5.32 Å². The second kappa shape index (κ2) is 5.89. The van der Waals surface area contributed by atoms with E-state index in [1.165, 1.54) is 20.3 Å². The second-order valence-corrected chi connectivity index (χ2v) is 3.28. The summed E-state index contributed by atoms with van der Waals surface area (Å²) in [6.07, 6.45) is -0.560. The van der Waals surface area contributed by atoms with Crippen LogP contribution in [0.1, 0.15) is 11.6 Å². The topological polar surface area (TPSA) is 30.5 Å². The molecule has 0 saturated heterocycles. The summed E-state index contributed by atoms with van der Waals surface area (Å²) in [6.45, 7) is 0. The molecule has 5 heteroatoms. The fourth-order valence-corrected chi connectivity index (χ4v) is 1.53. The van der Waals surface area contributed by atoms with Crippen LogP contribution in [0.4, 0.5) is 8.78 Å². The Morgan fingerprint density at radius 2 is 1.75 bits per heavy atom. The summed E-state index contributed by atoms with van der Waals surface area (Å²) in [4.78, 5) is 0. The van der Waals surface area contributed by atoms with Gasteiger partial charge in [-0.15, -0.1) is 0 Å². The van der Waals surface area contributed by atoms with E-state index >= 15 is 0 Å². The maximum atomic E-state index is 13.1. The molecule has 90 valence electrons. The summed E-state index contributed by atoms with van der Waals surface area (Å²) < 4.78 is 36.0. The summed E-state index contributed by atoms with van der Waals surface area (Å²) >= 11 is 0. The average Bonchev–Trinajstić information content (AvgIpc) is 2.29. The van der Waals surface area contributed by atoms with Crippen LogP contribution in [0.25, 0.3) is 0 Å². The van der Waals surface area contributed by atoms with E-state index < -0.39 is 17.9 Å². The Morgan fingerprint density at radius 1 is 1.12 bits per heavy atom. The third kappa shape index (κ3) is 2.75. The molecule has 0 aliphatic carbocycles. The Morgan fingerprint density at radius 3 is 2.19 bits per heavy atom. The molecule has 16 heavy (non-hydrogen) atoms. The van der Waals surface area contributed by atoms with Crippen molar-refractivity contribution in [3.05, 3.63) is 35.4 Å². The number of hydrogen-bond donors (Lipinski definition) is 1. The van der Waals surface area contributed by atoms with Gasteiger partial charge in [0.2, 0.25) is 0 Å². The molecule has 0 aliphatic heterocycles. The number of likely N-dealkylation sites (N-methyl/N-ethyl adjacent to an activating group) is 1. The second-order valence-electron chi connectivity index (χ2n) is 3.28. The van der Waals surface area contributed by atoms with Crippen molar-refractivity contribution in [3.8, 4) is 0 Å². The van der Waals surface area contributed by atoms with Gasteiger partial charge < -0.3 is 14.8 Å². The maximum absolute atomic E-state index is 13.1. The summed E-state index contributed by atoms with van der Waals surface area (Å²) in [7, 11) is 4.66. The van der Waals surface area contributed by atoms with Crippen molar-refractivity contribution in [2.45, 2.75) is 12.3 Å². The molecule has 0 aliphatic rings. The number of halogens is 2. The molecule has 3 nitrogen and oxygen atoms in total. The zero-order valence-electron chi connectivity index (χ0n) is 9.46. The van der Waals surface area contributed by atoms with Crippen LogP contribution < -0.4 is 5.32 Å². The number of rotatable bonds is 5. The first kappa shape index (κ1) is 13.0. The average molecular weight is 231 g/mol. The van der Waals surface area contributed by atoms with Crippen LogP contribution in [0.2, 0.25) is 0 Å². The van der Waals surface area contributed by atoms with E-state index in [0.717, 1.165) is 12.1 Å². The number of hydrogen-bond acceptors (Lipinski definition) is 3. The molecule has 0 saturated carbocycles. The SMILES string of the molecule is CNC(c1ccc(F)c(F)c1)C(OC)OC. The van der Waals surface area contributed by atoms with Gasteiger partial charge in [0.15, 0.2) is 17.9 Å². The van der Waals surface area contributed by atoms with E-state index in [-0.39, 0.29) is 6.04 Å². The molecular formula is C11H15F2NO2. The van der Waals surface area contributed by atoms with Crippen LogP contribution >= 0.6 is 0 Å². The Bertz CT molecular complexity index is 343. The van der Waals surface area contributed by atoms with E-state index in [2.05, 4.69) is 5.32 Å². The van der Waals surface area contributed by atoms with Crippen molar-refractivity contribution in [2.75, 3.05) is 21.3 Å². The van der Waals surface area contributed by atoms with Crippen LogP contribution in [0, 0.1) is 11.6 Å².